The number of rotatable bonds is 4. The molecule has 1 aliphatic rings. The Kier molecular flexibility index (Phi) is 4.57. The predicted molar refractivity (Wildman–Crippen MR) is 73.7 cm³/mol. The number of aliphatic hydroxyl groups excluding tert-OH is 1. The fourth-order valence-electron chi connectivity index (χ4n) is 2.40. The van der Waals surface area contributed by atoms with Gasteiger partial charge in [0.25, 0.3) is 0 Å². The van der Waals surface area contributed by atoms with Gasteiger partial charge in [-0.15, -0.1) is 0 Å². The number of nitrogens with one attached hydrogen (secondary N) is 2. The van der Waals surface area contributed by atoms with E-state index in [0.717, 1.165) is 31.2 Å². The van der Waals surface area contributed by atoms with Crippen LogP contribution in [0, 0.1) is 0 Å². The first-order valence-electron chi connectivity index (χ1n) is 6.63. The van der Waals surface area contributed by atoms with E-state index in [2.05, 4.69) is 10.6 Å². The van der Waals surface area contributed by atoms with Crippen LogP contribution in [0.25, 0.3) is 0 Å². The summed E-state index contributed by atoms with van der Waals surface area (Å²) < 4.78 is 0. The number of carbonyl (C=O) groups is 2. The van der Waals surface area contributed by atoms with E-state index in [1.54, 1.807) is 6.07 Å². The first-order valence-corrected chi connectivity index (χ1v) is 6.63. The van der Waals surface area contributed by atoms with E-state index < -0.39 is 24.6 Å². The minimum absolute atomic E-state index is 0.620. The number of aliphatic carboxylic acids is 1. The Morgan fingerprint density at radius 1 is 1.25 bits per heavy atom. The van der Waals surface area contributed by atoms with Crippen molar-refractivity contribution in [1.29, 1.82) is 0 Å². The van der Waals surface area contributed by atoms with Gasteiger partial charge in [0, 0.05) is 5.69 Å². The average molecular weight is 278 g/mol. The summed E-state index contributed by atoms with van der Waals surface area (Å²) in [6.45, 7) is -0.643. The van der Waals surface area contributed by atoms with Crippen molar-refractivity contribution in [2.24, 2.45) is 0 Å². The van der Waals surface area contributed by atoms with E-state index in [4.69, 9.17) is 10.2 Å². The van der Waals surface area contributed by atoms with Crippen LogP contribution in [0.5, 0.6) is 0 Å². The zero-order chi connectivity index (χ0) is 14.5. The highest BCUT2D eigenvalue weighted by Crippen LogP contribution is 2.27. The number of anilines is 1. The van der Waals surface area contributed by atoms with Gasteiger partial charge in [-0.1, -0.05) is 12.1 Å². The number of urea groups is 1. The summed E-state index contributed by atoms with van der Waals surface area (Å²) in [6, 6.07) is 3.81. The molecule has 0 aliphatic heterocycles. The molecule has 0 aromatic heterocycles. The Bertz CT molecular complexity index is 516. The molecule has 6 heteroatoms. The highest BCUT2D eigenvalue weighted by atomic mass is 16.4. The summed E-state index contributed by atoms with van der Waals surface area (Å²) in [6.07, 6.45) is 4.14. The molecule has 1 atom stereocenters. The Balaban J connectivity index is 2.06. The number of hydrogen-bond donors (Lipinski definition) is 4. The van der Waals surface area contributed by atoms with Crippen molar-refractivity contribution in [2.75, 3.05) is 11.9 Å². The average Bonchev–Trinajstić information content (AvgIpc) is 2.45. The molecule has 6 nitrogen and oxygen atoms in total. The molecule has 0 saturated heterocycles. The molecular weight excluding hydrogens is 260 g/mol. The third kappa shape index (κ3) is 3.27. The van der Waals surface area contributed by atoms with Crippen LogP contribution < -0.4 is 10.6 Å². The Hall–Kier alpha value is -2.08. The lowest BCUT2D eigenvalue weighted by Crippen LogP contribution is -2.45. The first kappa shape index (κ1) is 14.3. The largest absolute Gasteiger partial charge is 0.480 e. The molecule has 1 unspecified atom stereocenters. The lowest BCUT2D eigenvalue weighted by atomic mass is 9.90. The molecule has 0 heterocycles. The number of amides is 2. The molecule has 0 fully saturated rings. The maximum atomic E-state index is 11.8. The van der Waals surface area contributed by atoms with Gasteiger partial charge in [-0.25, -0.2) is 9.59 Å². The zero-order valence-corrected chi connectivity index (χ0v) is 11.1. The van der Waals surface area contributed by atoms with Gasteiger partial charge in [-0.2, -0.15) is 0 Å². The van der Waals surface area contributed by atoms with Gasteiger partial charge in [-0.05, 0) is 42.9 Å². The van der Waals surface area contributed by atoms with Crippen LogP contribution in [0.4, 0.5) is 10.5 Å². The molecule has 20 heavy (non-hydrogen) atoms. The molecule has 0 radical (unpaired) electrons. The monoisotopic (exact) mass is 278 g/mol. The van der Waals surface area contributed by atoms with Crippen LogP contribution in [0.1, 0.15) is 24.0 Å². The van der Waals surface area contributed by atoms with Gasteiger partial charge < -0.3 is 20.8 Å². The topological polar surface area (TPSA) is 98.7 Å². The number of carbonyl (C=O) groups excluding carboxylic acids is 1. The van der Waals surface area contributed by atoms with Gasteiger partial charge in [0.15, 0.2) is 6.04 Å². The van der Waals surface area contributed by atoms with Crippen molar-refractivity contribution >= 4 is 17.7 Å². The van der Waals surface area contributed by atoms with E-state index in [1.807, 2.05) is 12.1 Å². The van der Waals surface area contributed by atoms with Crippen molar-refractivity contribution in [3.05, 3.63) is 29.3 Å². The second kappa shape index (κ2) is 6.38. The summed E-state index contributed by atoms with van der Waals surface area (Å²) in [5, 5.41) is 22.5. The van der Waals surface area contributed by atoms with Crippen molar-refractivity contribution < 1.29 is 19.8 Å². The normalized spacial score (nSPS) is 15.1. The van der Waals surface area contributed by atoms with Crippen molar-refractivity contribution in [2.45, 2.75) is 31.7 Å². The summed E-state index contributed by atoms with van der Waals surface area (Å²) in [5.41, 5.74) is 3.05. The van der Waals surface area contributed by atoms with Crippen LogP contribution in [-0.4, -0.2) is 34.9 Å². The highest BCUT2D eigenvalue weighted by Gasteiger charge is 2.20. The number of benzene rings is 1. The maximum absolute atomic E-state index is 11.8. The van der Waals surface area contributed by atoms with Gasteiger partial charge >= 0.3 is 12.0 Å². The summed E-state index contributed by atoms with van der Waals surface area (Å²) >= 11 is 0. The number of carboxylic acids is 1. The SMILES string of the molecule is O=C(Nc1cccc2c1CCCC2)NC(CO)C(=O)O. The van der Waals surface area contributed by atoms with Crippen molar-refractivity contribution in [3.8, 4) is 0 Å². The Morgan fingerprint density at radius 3 is 2.70 bits per heavy atom. The first-order chi connectivity index (χ1) is 9.61. The second-order valence-electron chi connectivity index (χ2n) is 4.82. The standard InChI is InChI=1S/C14H18N2O4/c17-8-12(13(18)19)16-14(20)15-11-7-3-5-9-4-1-2-6-10(9)11/h3,5,7,12,17H,1-2,4,6,8H2,(H,18,19)(H2,15,16,20). The molecule has 2 rings (SSSR count). The molecule has 2 amide bonds. The Morgan fingerprint density at radius 2 is 2.00 bits per heavy atom. The van der Waals surface area contributed by atoms with Crippen LogP contribution in [0.15, 0.2) is 18.2 Å². The van der Waals surface area contributed by atoms with Crippen molar-refractivity contribution in [1.82, 2.24) is 5.32 Å². The van der Waals surface area contributed by atoms with Crippen LogP contribution in [-0.2, 0) is 17.6 Å². The molecule has 0 bridgehead atoms. The number of aliphatic hydroxyl groups is 1. The second-order valence-corrected chi connectivity index (χ2v) is 4.82. The summed E-state index contributed by atoms with van der Waals surface area (Å²) in [5.74, 6) is -1.27. The van der Waals surface area contributed by atoms with Gasteiger partial charge in [0.1, 0.15) is 0 Å². The van der Waals surface area contributed by atoms with E-state index in [0.29, 0.717) is 5.69 Å². The lowest BCUT2D eigenvalue weighted by Gasteiger charge is -2.20. The molecule has 1 aromatic carbocycles. The molecule has 108 valence electrons. The minimum Gasteiger partial charge on any atom is -0.480 e. The molecule has 1 aromatic rings. The number of fused-ring (bicyclic) bond motifs is 1. The Labute approximate surface area is 116 Å². The smallest absolute Gasteiger partial charge is 0.328 e. The molecule has 0 spiro atoms. The van der Waals surface area contributed by atoms with Gasteiger partial charge in [0.2, 0.25) is 0 Å². The fourth-order valence-corrected chi connectivity index (χ4v) is 2.40. The van der Waals surface area contributed by atoms with Crippen LogP contribution in [0.2, 0.25) is 0 Å². The minimum atomic E-state index is -1.30. The zero-order valence-electron chi connectivity index (χ0n) is 11.1. The lowest BCUT2D eigenvalue weighted by molar-refractivity contribution is -0.140. The maximum Gasteiger partial charge on any atom is 0.328 e. The van der Waals surface area contributed by atoms with Crippen LogP contribution >= 0.6 is 0 Å². The fraction of sp³-hybridized carbons (Fsp3) is 0.429. The third-order valence-corrected chi connectivity index (χ3v) is 3.43. The molecule has 0 saturated carbocycles. The van der Waals surface area contributed by atoms with Gasteiger partial charge in [-0.3, -0.25) is 0 Å². The van der Waals surface area contributed by atoms with E-state index in [9.17, 15) is 9.59 Å². The predicted octanol–water partition coefficient (Wildman–Crippen LogP) is 1.13. The summed E-state index contributed by atoms with van der Waals surface area (Å²) in [4.78, 5) is 22.5. The highest BCUT2D eigenvalue weighted by molar-refractivity contribution is 5.93. The quantitative estimate of drug-likeness (QED) is 0.663. The third-order valence-electron chi connectivity index (χ3n) is 3.43. The molecular formula is C14H18N2O4. The number of aryl methyl sites for hydroxylation is 1. The van der Waals surface area contributed by atoms with E-state index in [1.165, 1.54) is 5.56 Å². The summed E-state index contributed by atoms with van der Waals surface area (Å²) in [7, 11) is 0. The van der Waals surface area contributed by atoms with E-state index >= 15 is 0 Å². The van der Waals surface area contributed by atoms with Crippen molar-refractivity contribution in [3.63, 3.8) is 0 Å². The molecule has 1 aliphatic carbocycles. The van der Waals surface area contributed by atoms with Gasteiger partial charge in [0.05, 0.1) is 6.61 Å². The number of hydrogen-bond acceptors (Lipinski definition) is 3. The van der Waals surface area contributed by atoms with E-state index in [-0.39, 0.29) is 0 Å². The number of carboxylic acid groups (broad SMARTS) is 1. The molecule has 4 N–H and O–H groups in total. The van der Waals surface area contributed by atoms with Crippen LogP contribution in [0.3, 0.4) is 0 Å².